The zero-order valence-corrected chi connectivity index (χ0v) is 10.1. The van der Waals surface area contributed by atoms with Crippen LogP contribution in [0.5, 0.6) is 0 Å². The Balaban J connectivity index is 2.57. The Morgan fingerprint density at radius 1 is 1.06 bits per heavy atom. The first-order valence-electron chi connectivity index (χ1n) is 5.75. The average Bonchev–Trinajstić information content (AvgIpc) is 2.30. The molecule has 1 nitrogen and oxygen atoms in total. The minimum atomic E-state index is -4.27. The third-order valence-electron chi connectivity index (χ3n) is 2.68. The molecule has 0 unspecified atom stereocenters. The molecule has 0 aromatic heterocycles. The number of hydrogen-bond donors (Lipinski definition) is 0. The van der Waals surface area contributed by atoms with Crippen LogP contribution < -0.4 is 0 Å². The molecule has 96 valence electrons. The van der Waals surface area contributed by atoms with Gasteiger partial charge in [-0.1, -0.05) is 26.0 Å². The topological polar surface area (TPSA) is 9.23 Å². The fourth-order valence-electron chi connectivity index (χ4n) is 1.53. The first kappa shape index (κ1) is 14.0. The Morgan fingerprint density at radius 2 is 1.59 bits per heavy atom. The van der Waals surface area contributed by atoms with Crippen LogP contribution in [0.15, 0.2) is 24.3 Å². The number of halogens is 3. The van der Waals surface area contributed by atoms with E-state index in [0.717, 1.165) is 30.5 Å². The van der Waals surface area contributed by atoms with Gasteiger partial charge >= 0.3 is 6.18 Å². The highest BCUT2D eigenvalue weighted by Gasteiger charge is 2.29. The molecule has 0 N–H and O–H groups in total. The number of hydrogen-bond acceptors (Lipinski definition) is 1. The second kappa shape index (κ2) is 6.05. The summed E-state index contributed by atoms with van der Waals surface area (Å²) >= 11 is 0. The van der Waals surface area contributed by atoms with Crippen LogP contribution in [-0.4, -0.2) is 6.10 Å². The van der Waals surface area contributed by atoms with Crippen molar-refractivity contribution in [1.29, 1.82) is 0 Å². The van der Waals surface area contributed by atoms with Crippen LogP contribution >= 0.6 is 0 Å². The van der Waals surface area contributed by atoms with Crippen LogP contribution in [0.1, 0.15) is 37.8 Å². The SMILES string of the molecule is CCC(CC)OCc1ccc(C(F)(F)F)cc1. The maximum absolute atomic E-state index is 12.3. The van der Waals surface area contributed by atoms with E-state index in [1.54, 1.807) is 0 Å². The highest BCUT2D eigenvalue weighted by atomic mass is 19.4. The number of benzene rings is 1. The van der Waals surface area contributed by atoms with Crippen LogP contribution in [0, 0.1) is 0 Å². The van der Waals surface area contributed by atoms with E-state index >= 15 is 0 Å². The molecule has 1 aromatic carbocycles. The molecule has 0 aliphatic carbocycles. The molecule has 0 atom stereocenters. The predicted octanol–water partition coefficient (Wildman–Crippen LogP) is 4.41. The van der Waals surface area contributed by atoms with Crippen LogP contribution in [0.3, 0.4) is 0 Å². The molecule has 17 heavy (non-hydrogen) atoms. The van der Waals surface area contributed by atoms with Crippen molar-refractivity contribution in [2.45, 2.75) is 45.6 Å². The summed E-state index contributed by atoms with van der Waals surface area (Å²) in [6.45, 7) is 4.42. The summed E-state index contributed by atoms with van der Waals surface area (Å²) in [4.78, 5) is 0. The summed E-state index contributed by atoms with van der Waals surface area (Å²) in [6, 6.07) is 5.10. The summed E-state index contributed by atoms with van der Waals surface area (Å²) in [5, 5.41) is 0. The fourth-order valence-corrected chi connectivity index (χ4v) is 1.53. The number of ether oxygens (including phenoxy) is 1. The van der Waals surface area contributed by atoms with Gasteiger partial charge in [0.2, 0.25) is 0 Å². The average molecular weight is 246 g/mol. The standard InChI is InChI=1S/C13H17F3O/c1-3-12(4-2)17-9-10-5-7-11(8-6-10)13(14,15)16/h5-8,12H,3-4,9H2,1-2H3. The zero-order valence-electron chi connectivity index (χ0n) is 10.1. The van der Waals surface area contributed by atoms with Crippen molar-refractivity contribution in [1.82, 2.24) is 0 Å². The Labute approximate surface area is 99.6 Å². The lowest BCUT2D eigenvalue weighted by atomic mass is 10.1. The van der Waals surface area contributed by atoms with E-state index in [-0.39, 0.29) is 6.10 Å². The van der Waals surface area contributed by atoms with Crippen LogP contribution in [0.4, 0.5) is 13.2 Å². The van der Waals surface area contributed by atoms with E-state index in [9.17, 15) is 13.2 Å². The maximum atomic E-state index is 12.3. The van der Waals surface area contributed by atoms with Crippen molar-refractivity contribution in [3.8, 4) is 0 Å². The monoisotopic (exact) mass is 246 g/mol. The first-order chi connectivity index (χ1) is 7.97. The summed E-state index contributed by atoms with van der Waals surface area (Å²) in [6.07, 6.45) is -2.26. The number of rotatable bonds is 5. The van der Waals surface area contributed by atoms with E-state index in [1.165, 1.54) is 12.1 Å². The van der Waals surface area contributed by atoms with Crippen LogP contribution in [-0.2, 0) is 17.5 Å². The summed E-state index contributed by atoms with van der Waals surface area (Å²) in [5.41, 5.74) is 0.147. The van der Waals surface area contributed by atoms with Gasteiger partial charge in [0.05, 0.1) is 18.3 Å². The minimum absolute atomic E-state index is 0.178. The highest BCUT2D eigenvalue weighted by Crippen LogP contribution is 2.29. The minimum Gasteiger partial charge on any atom is -0.374 e. The van der Waals surface area contributed by atoms with Gasteiger partial charge in [0.1, 0.15) is 0 Å². The molecular weight excluding hydrogens is 229 g/mol. The molecule has 0 fully saturated rings. The molecule has 0 heterocycles. The van der Waals surface area contributed by atoms with Crippen molar-refractivity contribution in [2.24, 2.45) is 0 Å². The maximum Gasteiger partial charge on any atom is 0.416 e. The van der Waals surface area contributed by atoms with Gasteiger partial charge in [0.25, 0.3) is 0 Å². The van der Waals surface area contributed by atoms with E-state index in [4.69, 9.17) is 4.74 Å². The van der Waals surface area contributed by atoms with E-state index in [1.807, 2.05) is 13.8 Å². The lowest BCUT2D eigenvalue weighted by molar-refractivity contribution is -0.137. The van der Waals surface area contributed by atoms with Crippen molar-refractivity contribution in [3.63, 3.8) is 0 Å². The van der Waals surface area contributed by atoms with Gasteiger partial charge in [-0.15, -0.1) is 0 Å². The summed E-state index contributed by atoms with van der Waals surface area (Å²) < 4.78 is 42.5. The molecule has 1 rings (SSSR count). The van der Waals surface area contributed by atoms with Gasteiger partial charge in [-0.25, -0.2) is 0 Å². The summed E-state index contributed by atoms with van der Waals surface area (Å²) in [7, 11) is 0. The van der Waals surface area contributed by atoms with Gasteiger partial charge < -0.3 is 4.74 Å². The lowest BCUT2D eigenvalue weighted by Gasteiger charge is -2.14. The first-order valence-corrected chi connectivity index (χ1v) is 5.75. The molecule has 0 spiro atoms. The normalized spacial score (nSPS) is 12.1. The Bertz CT molecular complexity index is 326. The van der Waals surface area contributed by atoms with E-state index < -0.39 is 11.7 Å². The van der Waals surface area contributed by atoms with Crippen molar-refractivity contribution in [3.05, 3.63) is 35.4 Å². The lowest BCUT2D eigenvalue weighted by Crippen LogP contribution is -2.10. The molecule has 0 radical (unpaired) electrons. The largest absolute Gasteiger partial charge is 0.416 e. The molecule has 0 saturated carbocycles. The fraction of sp³-hybridized carbons (Fsp3) is 0.538. The molecule has 0 aliphatic rings. The smallest absolute Gasteiger partial charge is 0.374 e. The van der Waals surface area contributed by atoms with Gasteiger partial charge in [-0.3, -0.25) is 0 Å². The molecular formula is C13H17F3O. The predicted molar refractivity (Wildman–Crippen MR) is 60.6 cm³/mol. The molecule has 0 saturated heterocycles. The third-order valence-corrected chi connectivity index (χ3v) is 2.68. The molecule has 1 aromatic rings. The summed E-state index contributed by atoms with van der Waals surface area (Å²) in [5.74, 6) is 0. The highest BCUT2D eigenvalue weighted by molar-refractivity contribution is 5.24. The van der Waals surface area contributed by atoms with Crippen molar-refractivity contribution in [2.75, 3.05) is 0 Å². The number of alkyl halides is 3. The molecule has 0 bridgehead atoms. The zero-order chi connectivity index (χ0) is 12.9. The quantitative estimate of drug-likeness (QED) is 0.747. The Morgan fingerprint density at radius 3 is 2.00 bits per heavy atom. The second-order valence-corrected chi connectivity index (χ2v) is 3.94. The van der Waals surface area contributed by atoms with E-state index in [0.29, 0.717) is 6.61 Å². The Hall–Kier alpha value is -1.03. The Kier molecular flexibility index (Phi) is 5.00. The van der Waals surface area contributed by atoms with Gasteiger partial charge in [0.15, 0.2) is 0 Å². The third kappa shape index (κ3) is 4.38. The van der Waals surface area contributed by atoms with E-state index in [2.05, 4.69) is 0 Å². The van der Waals surface area contributed by atoms with Crippen LogP contribution in [0.2, 0.25) is 0 Å². The molecule has 0 aliphatic heterocycles. The molecule has 4 heteroatoms. The second-order valence-electron chi connectivity index (χ2n) is 3.94. The van der Waals surface area contributed by atoms with Crippen LogP contribution in [0.25, 0.3) is 0 Å². The molecule has 0 amide bonds. The van der Waals surface area contributed by atoms with Crippen molar-refractivity contribution >= 4 is 0 Å². The van der Waals surface area contributed by atoms with Gasteiger partial charge in [-0.05, 0) is 30.5 Å². The van der Waals surface area contributed by atoms with Gasteiger partial charge in [0, 0.05) is 0 Å². The van der Waals surface area contributed by atoms with Crippen molar-refractivity contribution < 1.29 is 17.9 Å². The van der Waals surface area contributed by atoms with Gasteiger partial charge in [-0.2, -0.15) is 13.2 Å².